The molecule has 2 amide bonds. The number of carbonyl (C=O) groups is 3. The van der Waals surface area contributed by atoms with Gasteiger partial charge in [0.2, 0.25) is 0 Å². The van der Waals surface area contributed by atoms with E-state index in [1.54, 1.807) is 26.2 Å². The number of hydrogen-bond acceptors (Lipinski definition) is 9. The van der Waals surface area contributed by atoms with Gasteiger partial charge in [-0.3, -0.25) is 5.32 Å². The van der Waals surface area contributed by atoms with E-state index in [1.807, 2.05) is 18.2 Å². The molecule has 0 bridgehead atoms. The molecule has 1 aromatic carbocycles. The molecule has 1 N–H and O–H groups in total. The molecule has 4 aliphatic carbocycles. The Bertz CT molecular complexity index is 1440. The van der Waals surface area contributed by atoms with Crippen LogP contribution in [0.15, 0.2) is 42.0 Å². The predicted molar refractivity (Wildman–Crippen MR) is 186 cm³/mol. The van der Waals surface area contributed by atoms with Crippen molar-refractivity contribution in [1.82, 2.24) is 4.90 Å². The lowest BCUT2D eigenvalue weighted by molar-refractivity contribution is -0.253. The topological polar surface area (TPSA) is 122 Å². The third-order valence-electron chi connectivity index (χ3n) is 12.8. The van der Waals surface area contributed by atoms with Crippen molar-refractivity contribution in [3.63, 3.8) is 0 Å². The number of nitrogens with one attached hydrogen (secondary N) is 1. The number of amides is 2. The lowest BCUT2D eigenvalue weighted by Crippen LogP contribution is -2.60. The van der Waals surface area contributed by atoms with Crippen LogP contribution >= 0.6 is 0 Å². The fraction of sp³-hybridized carbons (Fsp3) is 0.718. The smallest absolute Gasteiger partial charge is 0.446 e. The summed E-state index contributed by atoms with van der Waals surface area (Å²) >= 11 is 0. The van der Waals surface area contributed by atoms with Gasteiger partial charge < -0.3 is 33.3 Å². The van der Waals surface area contributed by atoms with E-state index in [1.165, 1.54) is 12.0 Å². The van der Waals surface area contributed by atoms with E-state index in [0.717, 1.165) is 31.3 Å². The van der Waals surface area contributed by atoms with Crippen LogP contribution in [0.2, 0.25) is 0 Å². The first kappa shape index (κ1) is 36.5. The Morgan fingerprint density at radius 2 is 1.64 bits per heavy atom. The van der Waals surface area contributed by atoms with Crippen molar-refractivity contribution < 1.29 is 42.8 Å². The molecular formula is C39H56N2O9. The number of carbonyl (C=O) groups excluding carboxylic acids is 3. The summed E-state index contributed by atoms with van der Waals surface area (Å²) in [5, 5.41) is 2.80. The first-order valence-corrected chi connectivity index (χ1v) is 18.3. The fourth-order valence-corrected chi connectivity index (χ4v) is 10.3. The standard InChI is InChI=1S/C39H56N2O9/c1-23(33-46-21-37(2,3)22-47-33)27-14-15-28-32-29(16-17-38(27,28)4)39(5)24(19-30(32)49-36(44)45-8)18-26(20-31(39)50-35(43)41(6)7)48-34(42)40-25-12-10-9-11-13-25/h9-13,19,23,26-33H,14-18,20-22H2,1-8H3,(H,40,42)/t23?,26-,27-,28+,29+,30-,31+,32+,38-,39+/m1/s1. The Morgan fingerprint density at radius 3 is 2.30 bits per heavy atom. The van der Waals surface area contributed by atoms with Crippen molar-refractivity contribution in [3.8, 4) is 0 Å². The molecule has 1 aromatic rings. The Labute approximate surface area is 296 Å². The average molecular weight is 697 g/mol. The van der Waals surface area contributed by atoms with Gasteiger partial charge in [0, 0.05) is 55.3 Å². The van der Waals surface area contributed by atoms with Gasteiger partial charge in [-0.1, -0.05) is 58.4 Å². The summed E-state index contributed by atoms with van der Waals surface area (Å²) in [6.45, 7) is 12.5. The van der Waals surface area contributed by atoms with Gasteiger partial charge in [-0.25, -0.2) is 14.4 Å². The minimum Gasteiger partial charge on any atom is -0.446 e. The lowest BCUT2D eigenvalue weighted by atomic mass is 9.45. The molecule has 4 fully saturated rings. The van der Waals surface area contributed by atoms with Gasteiger partial charge in [0.15, 0.2) is 6.29 Å². The van der Waals surface area contributed by atoms with Crippen molar-refractivity contribution in [2.45, 2.75) is 97.7 Å². The van der Waals surface area contributed by atoms with Crippen LogP contribution in [0, 0.1) is 45.8 Å². The monoisotopic (exact) mass is 696 g/mol. The largest absolute Gasteiger partial charge is 0.508 e. The summed E-state index contributed by atoms with van der Waals surface area (Å²) in [5.41, 5.74) is 1.00. The minimum atomic E-state index is -0.725. The van der Waals surface area contributed by atoms with E-state index in [-0.39, 0.29) is 40.8 Å². The fourth-order valence-electron chi connectivity index (χ4n) is 10.3. The Kier molecular flexibility index (Phi) is 10.2. The zero-order chi connectivity index (χ0) is 36.0. The van der Waals surface area contributed by atoms with Crippen LogP contribution in [0.3, 0.4) is 0 Å². The minimum absolute atomic E-state index is 0.00125. The molecule has 10 atom stereocenters. The number of anilines is 1. The van der Waals surface area contributed by atoms with E-state index >= 15 is 0 Å². The lowest BCUT2D eigenvalue weighted by Gasteiger charge is -2.61. The Balaban J connectivity index is 1.31. The summed E-state index contributed by atoms with van der Waals surface area (Å²) in [4.78, 5) is 40.5. The first-order chi connectivity index (χ1) is 23.7. The van der Waals surface area contributed by atoms with Crippen molar-refractivity contribution in [3.05, 3.63) is 42.0 Å². The normalized spacial score (nSPS) is 36.7. The summed E-state index contributed by atoms with van der Waals surface area (Å²) in [7, 11) is 4.67. The number of methoxy groups -OCH3 is 1. The highest BCUT2D eigenvalue weighted by Gasteiger charge is 2.65. The number of nitrogens with zero attached hydrogens (tertiary/aromatic N) is 1. The zero-order valence-corrected chi connectivity index (χ0v) is 30.9. The Hall–Kier alpha value is -3.31. The van der Waals surface area contributed by atoms with Crippen molar-refractivity contribution >= 4 is 24.0 Å². The molecule has 50 heavy (non-hydrogen) atoms. The van der Waals surface area contributed by atoms with Gasteiger partial charge in [0.05, 0.1) is 20.3 Å². The summed E-state index contributed by atoms with van der Waals surface area (Å²) in [6.07, 6.45) is 3.05. The van der Waals surface area contributed by atoms with Gasteiger partial charge in [0.25, 0.3) is 0 Å². The molecule has 1 unspecified atom stereocenters. The van der Waals surface area contributed by atoms with Gasteiger partial charge in [-0.2, -0.15) is 0 Å². The molecule has 1 heterocycles. The van der Waals surface area contributed by atoms with Crippen molar-refractivity contribution in [2.75, 3.05) is 39.7 Å². The van der Waals surface area contributed by atoms with E-state index in [4.69, 9.17) is 28.4 Å². The molecule has 0 spiro atoms. The number of ether oxygens (including phenoxy) is 6. The molecule has 6 rings (SSSR count). The maximum Gasteiger partial charge on any atom is 0.508 e. The number of rotatable bonds is 6. The molecule has 5 aliphatic rings. The SMILES string of the molecule is COC(=O)O[C@@H]1C=C2C[C@@H](OC(=O)Nc3ccccc3)C[C@H](OC(=O)N(C)C)[C@]2(C)[C@H]2CC[C@]3(C)[C@@H](C(C)C4OCC(C)(C)CO4)CC[C@H]3[C@H]12. The van der Waals surface area contributed by atoms with Crippen molar-refractivity contribution in [1.29, 1.82) is 0 Å². The number of benzene rings is 1. The second kappa shape index (κ2) is 14.0. The van der Waals surface area contributed by atoms with Crippen LogP contribution in [0.4, 0.5) is 20.1 Å². The van der Waals surface area contributed by atoms with Gasteiger partial charge in [-0.15, -0.1) is 0 Å². The van der Waals surface area contributed by atoms with Crippen LogP contribution < -0.4 is 5.32 Å². The van der Waals surface area contributed by atoms with Crippen LogP contribution in [-0.2, 0) is 28.4 Å². The quantitative estimate of drug-likeness (QED) is 0.182. The Morgan fingerprint density at radius 1 is 0.940 bits per heavy atom. The third-order valence-corrected chi connectivity index (χ3v) is 12.8. The average Bonchev–Trinajstić information content (AvgIpc) is 3.42. The first-order valence-electron chi connectivity index (χ1n) is 18.3. The zero-order valence-electron chi connectivity index (χ0n) is 30.9. The van der Waals surface area contributed by atoms with E-state index in [9.17, 15) is 14.4 Å². The van der Waals surface area contributed by atoms with Crippen LogP contribution in [0.25, 0.3) is 0 Å². The second-order valence-electron chi connectivity index (χ2n) is 16.8. The molecule has 276 valence electrons. The summed E-state index contributed by atoms with van der Waals surface area (Å²) in [6, 6.07) is 9.13. The molecule has 11 nitrogen and oxygen atoms in total. The maximum absolute atomic E-state index is 13.2. The van der Waals surface area contributed by atoms with E-state index in [0.29, 0.717) is 37.7 Å². The van der Waals surface area contributed by atoms with E-state index < -0.39 is 42.1 Å². The third kappa shape index (κ3) is 6.84. The molecular weight excluding hydrogens is 640 g/mol. The van der Waals surface area contributed by atoms with Crippen LogP contribution in [-0.4, -0.2) is 82.3 Å². The number of fused-ring (bicyclic) bond motifs is 5. The van der Waals surface area contributed by atoms with Crippen molar-refractivity contribution in [2.24, 2.45) is 45.8 Å². The molecule has 3 saturated carbocycles. The van der Waals surface area contributed by atoms with Crippen LogP contribution in [0.1, 0.15) is 73.1 Å². The van der Waals surface area contributed by atoms with Gasteiger partial charge in [0.1, 0.15) is 18.3 Å². The molecule has 1 saturated heterocycles. The molecule has 11 heteroatoms. The summed E-state index contributed by atoms with van der Waals surface area (Å²) in [5.74, 6) is 0.836. The molecule has 0 radical (unpaired) electrons. The molecule has 1 aliphatic heterocycles. The molecule has 0 aromatic heterocycles. The maximum atomic E-state index is 13.2. The number of para-hydroxylation sites is 1. The summed E-state index contributed by atoms with van der Waals surface area (Å²) < 4.78 is 36.1. The van der Waals surface area contributed by atoms with E-state index in [2.05, 4.69) is 46.0 Å². The van der Waals surface area contributed by atoms with Gasteiger partial charge >= 0.3 is 18.3 Å². The number of hydrogen-bond donors (Lipinski definition) is 1. The second-order valence-corrected chi connectivity index (χ2v) is 16.8. The van der Waals surface area contributed by atoms with Gasteiger partial charge in [-0.05, 0) is 67.1 Å². The van der Waals surface area contributed by atoms with Crippen LogP contribution in [0.5, 0.6) is 0 Å². The predicted octanol–water partition coefficient (Wildman–Crippen LogP) is 7.66. The highest BCUT2D eigenvalue weighted by atomic mass is 16.7. The highest BCUT2D eigenvalue weighted by molar-refractivity contribution is 5.84. The highest BCUT2D eigenvalue weighted by Crippen LogP contribution is 2.68.